The Hall–Kier alpha value is -3.84. The zero-order chi connectivity index (χ0) is 23.1. The molecular weight excluding hydrogens is 428 g/mol. The van der Waals surface area contributed by atoms with Crippen LogP contribution in [0.4, 0.5) is 17.5 Å². The number of hydrazine groups is 1. The van der Waals surface area contributed by atoms with Gasteiger partial charge in [0.15, 0.2) is 22.5 Å². The molecule has 0 amide bonds. The van der Waals surface area contributed by atoms with Crippen LogP contribution in [0.25, 0.3) is 22.2 Å². The lowest BCUT2D eigenvalue weighted by Crippen LogP contribution is -2.38. The summed E-state index contributed by atoms with van der Waals surface area (Å²) in [6, 6.07) is 4.93. The third-order valence-corrected chi connectivity index (χ3v) is 5.57. The van der Waals surface area contributed by atoms with E-state index < -0.39 is 4.92 Å². The summed E-state index contributed by atoms with van der Waals surface area (Å²) in [7, 11) is 0. The Bertz CT molecular complexity index is 1320. The minimum absolute atomic E-state index is 0.0618. The molecule has 0 bridgehead atoms. The molecule has 172 valence electrons. The van der Waals surface area contributed by atoms with Crippen molar-refractivity contribution in [3.8, 4) is 0 Å². The Balaban J connectivity index is 1.55. The molecular formula is C20H24N10O3. The molecule has 3 aromatic heterocycles. The first-order valence-electron chi connectivity index (χ1n) is 10.6. The zero-order valence-corrected chi connectivity index (χ0v) is 18.3. The number of nitro benzene ring substituents is 1. The quantitative estimate of drug-likeness (QED) is 0.251. The number of anilines is 2. The van der Waals surface area contributed by atoms with Gasteiger partial charge in [-0.15, -0.1) is 0 Å². The molecule has 4 heterocycles. The second-order valence-corrected chi connectivity index (χ2v) is 8.11. The van der Waals surface area contributed by atoms with E-state index in [4.69, 9.17) is 20.5 Å². The van der Waals surface area contributed by atoms with Gasteiger partial charge in [-0.2, -0.15) is 9.97 Å². The average Bonchev–Trinajstić information content (AvgIpc) is 3.42. The fraction of sp³-hybridized carbons (Fsp3) is 0.400. The van der Waals surface area contributed by atoms with E-state index in [0.717, 1.165) is 0 Å². The van der Waals surface area contributed by atoms with Crippen LogP contribution in [0.2, 0.25) is 0 Å². The lowest BCUT2D eigenvalue weighted by molar-refractivity contribution is -0.383. The number of ether oxygens (including phenoxy) is 1. The minimum atomic E-state index is -0.450. The van der Waals surface area contributed by atoms with Crippen LogP contribution in [0.15, 0.2) is 24.5 Å². The highest BCUT2D eigenvalue weighted by molar-refractivity contribution is 5.86. The van der Waals surface area contributed by atoms with E-state index in [1.54, 1.807) is 18.5 Å². The number of rotatable bonds is 6. The number of fused-ring (bicyclic) bond motifs is 2. The summed E-state index contributed by atoms with van der Waals surface area (Å²) in [5, 5.41) is 12.8. The second-order valence-electron chi connectivity index (χ2n) is 8.11. The number of aromatic nitrogens is 6. The molecule has 1 fully saturated rings. The Morgan fingerprint density at radius 2 is 2.03 bits per heavy atom. The highest BCUT2D eigenvalue weighted by Gasteiger charge is 2.23. The number of para-hydroxylation sites is 1. The number of nitrogens with two attached hydrogens (primary N) is 1. The summed E-state index contributed by atoms with van der Waals surface area (Å²) in [4.78, 5) is 34.5. The van der Waals surface area contributed by atoms with Crippen molar-refractivity contribution in [3.05, 3.63) is 40.5 Å². The van der Waals surface area contributed by atoms with Gasteiger partial charge in [0.25, 0.3) is 5.69 Å². The summed E-state index contributed by atoms with van der Waals surface area (Å²) < 4.78 is 7.43. The topological polar surface area (TPSA) is 157 Å². The fourth-order valence-corrected chi connectivity index (χ4v) is 3.90. The number of H-pyrrole nitrogens is 1. The van der Waals surface area contributed by atoms with E-state index in [1.165, 1.54) is 11.1 Å². The average molecular weight is 452 g/mol. The van der Waals surface area contributed by atoms with Crippen LogP contribution < -0.4 is 15.8 Å². The second kappa shape index (κ2) is 8.26. The first kappa shape index (κ1) is 21.0. The van der Waals surface area contributed by atoms with E-state index >= 15 is 0 Å². The molecule has 13 heteroatoms. The van der Waals surface area contributed by atoms with Gasteiger partial charge in [0, 0.05) is 25.2 Å². The standard InChI is InChI=1S/C20H24N10O3/c1-12(2)28-11-22-17-18(28)25-20(27-6-8-33-9-7-27)26-19(17)29(21)10-15-23-13-4-3-5-14(30(31)32)16(13)24-15/h3-5,11-12H,6-10,21H2,1-2H3,(H,23,24). The van der Waals surface area contributed by atoms with E-state index in [0.29, 0.717) is 60.6 Å². The van der Waals surface area contributed by atoms with Gasteiger partial charge >= 0.3 is 0 Å². The van der Waals surface area contributed by atoms with Crippen molar-refractivity contribution >= 4 is 39.7 Å². The molecule has 0 atom stereocenters. The summed E-state index contributed by atoms with van der Waals surface area (Å²) in [6.45, 7) is 6.82. The summed E-state index contributed by atoms with van der Waals surface area (Å²) in [5.41, 5.74) is 2.06. The van der Waals surface area contributed by atoms with E-state index in [9.17, 15) is 10.1 Å². The van der Waals surface area contributed by atoms with Gasteiger partial charge in [0.05, 0.1) is 36.5 Å². The summed E-state index contributed by atoms with van der Waals surface area (Å²) in [6.07, 6.45) is 1.73. The lowest BCUT2D eigenvalue weighted by Gasteiger charge is -2.28. The fourth-order valence-electron chi connectivity index (χ4n) is 3.90. The number of hydrogen-bond donors (Lipinski definition) is 2. The highest BCUT2D eigenvalue weighted by atomic mass is 16.6. The third kappa shape index (κ3) is 3.81. The zero-order valence-electron chi connectivity index (χ0n) is 18.3. The van der Waals surface area contributed by atoms with Crippen LogP contribution in [0.1, 0.15) is 25.7 Å². The van der Waals surface area contributed by atoms with Gasteiger partial charge in [-0.05, 0) is 19.9 Å². The van der Waals surface area contributed by atoms with Gasteiger partial charge in [-0.3, -0.25) is 15.1 Å². The molecule has 0 saturated carbocycles. The molecule has 1 aliphatic heterocycles. The molecule has 13 nitrogen and oxygen atoms in total. The normalized spacial score (nSPS) is 14.5. The van der Waals surface area contributed by atoms with Gasteiger partial charge in [0.1, 0.15) is 5.82 Å². The van der Waals surface area contributed by atoms with Gasteiger partial charge in [0.2, 0.25) is 5.95 Å². The molecule has 0 aliphatic carbocycles. The number of nitrogens with zero attached hydrogens (tertiary/aromatic N) is 8. The van der Waals surface area contributed by atoms with Crippen LogP contribution in [-0.4, -0.2) is 60.7 Å². The minimum Gasteiger partial charge on any atom is -0.378 e. The van der Waals surface area contributed by atoms with Crippen LogP contribution in [0.3, 0.4) is 0 Å². The van der Waals surface area contributed by atoms with Gasteiger partial charge in [-0.25, -0.2) is 15.8 Å². The molecule has 0 unspecified atom stereocenters. The van der Waals surface area contributed by atoms with Crippen LogP contribution in [0.5, 0.6) is 0 Å². The maximum Gasteiger partial charge on any atom is 0.297 e. The molecule has 0 spiro atoms. The Morgan fingerprint density at radius 1 is 1.24 bits per heavy atom. The molecule has 5 rings (SSSR count). The van der Waals surface area contributed by atoms with Crippen molar-refractivity contribution in [2.24, 2.45) is 5.84 Å². The SMILES string of the molecule is CC(C)n1cnc2c(N(N)Cc3nc4c([N+](=O)[O-])cccc4[nH]3)nc(N3CCOCC3)nc21. The summed E-state index contributed by atoms with van der Waals surface area (Å²) in [5.74, 6) is 7.94. The van der Waals surface area contributed by atoms with Crippen LogP contribution in [-0.2, 0) is 11.3 Å². The molecule has 1 aliphatic rings. The molecule has 1 saturated heterocycles. The largest absolute Gasteiger partial charge is 0.378 e. The number of benzene rings is 1. The van der Waals surface area contributed by atoms with Crippen molar-refractivity contribution in [2.45, 2.75) is 26.4 Å². The number of nitrogens with one attached hydrogen (secondary N) is 1. The van der Waals surface area contributed by atoms with Gasteiger partial charge < -0.3 is 19.2 Å². The van der Waals surface area contributed by atoms with Crippen molar-refractivity contribution in [2.75, 3.05) is 36.2 Å². The number of morpholine rings is 1. The molecule has 0 radical (unpaired) electrons. The Labute approximate surface area is 188 Å². The number of nitro groups is 1. The number of aromatic amines is 1. The van der Waals surface area contributed by atoms with Crippen LogP contribution in [0, 0.1) is 10.1 Å². The molecule has 1 aromatic carbocycles. The van der Waals surface area contributed by atoms with E-state index in [-0.39, 0.29) is 23.8 Å². The number of hydrogen-bond acceptors (Lipinski definition) is 10. The van der Waals surface area contributed by atoms with E-state index in [1.807, 2.05) is 4.57 Å². The summed E-state index contributed by atoms with van der Waals surface area (Å²) >= 11 is 0. The number of non-ortho nitro benzene ring substituents is 1. The molecule has 4 aromatic rings. The maximum atomic E-state index is 11.3. The van der Waals surface area contributed by atoms with Crippen molar-refractivity contribution in [1.29, 1.82) is 0 Å². The smallest absolute Gasteiger partial charge is 0.297 e. The van der Waals surface area contributed by atoms with Gasteiger partial charge in [-0.1, -0.05) is 6.07 Å². The van der Waals surface area contributed by atoms with E-state index in [2.05, 4.69) is 33.7 Å². The monoisotopic (exact) mass is 452 g/mol. The predicted molar refractivity (Wildman–Crippen MR) is 122 cm³/mol. The third-order valence-electron chi connectivity index (χ3n) is 5.57. The van der Waals surface area contributed by atoms with Crippen molar-refractivity contribution in [3.63, 3.8) is 0 Å². The maximum absolute atomic E-state index is 11.3. The van der Waals surface area contributed by atoms with Crippen molar-refractivity contribution < 1.29 is 9.66 Å². The van der Waals surface area contributed by atoms with Crippen molar-refractivity contribution in [1.82, 2.24) is 29.5 Å². The first-order chi connectivity index (χ1) is 15.9. The number of imidazole rings is 2. The lowest BCUT2D eigenvalue weighted by atomic mass is 10.3. The highest BCUT2D eigenvalue weighted by Crippen LogP contribution is 2.28. The predicted octanol–water partition coefficient (Wildman–Crippen LogP) is 1.91. The molecule has 33 heavy (non-hydrogen) atoms. The first-order valence-corrected chi connectivity index (χ1v) is 10.6. The Kier molecular flexibility index (Phi) is 5.26. The van der Waals surface area contributed by atoms with Crippen LogP contribution >= 0.6 is 0 Å². The Morgan fingerprint density at radius 3 is 2.76 bits per heavy atom. The molecule has 3 N–H and O–H groups in total.